The molecule has 1 aromatic heterocycles. The monoisotopic (exact) mass is 236 g/mol. The molecule has 0 radical (unpaired) electrons. The van der Waals surface area contributed by atoms with Crippen LogP contribution in [0.2, 0.25) is 0 Å². The van der Waals surface area contributed by atoms with Crippen LogP contribution in [-0.4, -0.2) is 42.6 Å². The second-order valence-corrected chi connectivity index (χ2v) is 4.71. The Hall–Kier alpha value is -1.12. The molecule has 0 aromatic carbocycles. The van der Waals surface area contributed by atoms with Gasteiger partial charge >= 0.3 is 0 Å². The van der Waals surface area contributed by atoms with Crippen molar-refractivity contribution in [3.05, 3.63) is 11.1 Å². The predicted octanol–water partition coefficient (Wildman–Crippen LogP) is 1.35. The van der Waals surface area contributed by atoms with E-state index in [1.54, 1.807) is 11.3 Å². The van der Waals surface area contributed by atoms with Gasteiger partial charge in [0, 0.05) is 31.6 Å². The Bertz CT molecular complexity index is 374. The fourth-order valence-corrected chi connectivity index (χ4v) is 2.74. The van der Waals surface area contributed by atoms with Crippen LogP contribution in [0.1, 0.15) is 12.6 Å². The summed E-state index contributed by atoms with van der Waals surface area (Å²) in [4.78, 5) is 9.24. The molecule has 1 aromatic rings. The third-order valence-corrected chi connectivity index (χ3v) is 3.84. The molecule has 0 bridgehead atoms. The molecule has 0 aliphatic carbocycles. The SMILES string of the molecule is CCN1CCN(c2nc(CC#N)cs2)CC1. The summed E-state index contributed by atoms with van der Waals surface area (Å²) in [7, 11) is 0. The van der Waals surface area contributed by atoms with Crippen LogP contribution in [-0.2, 0) is 6.42 Å². The molecule has 0 atom stereocenters. The van der Waals surface area contributed by atoms with E-state index < -0.39 is 0 Å². The number of rotatable bonds is 3. The van der Waals surface area contributed by atoms with Crippen LogP contribution in [0.3, 0.4) is 0 Å². The van der Waals surface area contributed by atoms with Crippen molar-refractivity contribution in [2.75, 3.05) is 37.6 Å². The van der Waals surface area contributed by atoms with Gasteiger partial charge in [0.2, 0.25) is 0 Å². The molecule has 2 heterocycles. The number of nitrogens with zero attached hydrogens (tertiary/aromatic N) is 4. The maximum absolute atomic E-state index is 8.60. The van der Waals surface area contributed by atoms with E-state index >= 15 is 0 Å². The molecule has 0 spiro atoms. The molecule has 2 rings (SSSR count). The first kappa shape index (κ1) is 11.4. The number of anilines is 1. The first-order chi connectivity index (χ1) is 7.83. The lowest BCUT2D eigenvalue weighted by atomic mass is 10.3. The normalized spacial score (nSPS) is 17.4. The van der Waals surface area contributed by atoms with Crippen molar-refractivity contribution in [2.24, 2.45) is 0 Å². The van der Waals surface area contributed by atoms with Gasteiger partial charge in [0.05, 0.1) is 18.2 Å². The maximum Gasteiger partial charge on any atom is 0.185 e. The first-order valence-corrected chi connectivity index (χ1v) is 6.50. The summed E-state index contributed by atoms with van der Waals surface area (Å²) >= 11 is 1.65. The van der Waals surface area contributed by atoms with Crippen LogP contribution >= 0.6 is 11.3 Å². The smallest absolute Gasteiger partial charge is 0.185 e. The summed E-state index contributed by atoms with van der Waals surface area (Å²) in [5.74, 6) is 0. The Morgan fingerprint density at radius 3 is 2.81 bits per heavy atom. The molecule has 4 nitrogen and oxygen atoms in total. The fourth-order valence-electron chi connectivity index (χ4n) is 1.86. The Kier molecular flexibility index (Phi) is 3.75. The Morgan fingerprint density at radius 1 is 1.44 bits per heavy atom. The number of hydrogen-bond donors (Lipinski definition) is 0. The van der Waals surface area contributed by atoms with Crippen LogP contribution in [0.5, 0.6) is 0 Å². The number of likely N-dealkylation sites (N-methyl/N-ethyl adjacent to an activating group) is 1. The van der Waals surface area contributed by atoms with Crippen molar-refractivity contribution >= 4 is 16.5 Å². The van der Waals surface area contributed by atoms with Crippen molar-refractivity contribution in [1.82, 2.24) is 9.88 Å². The highest BCUT2D eigenvalue weighted by Crippen LogP contribution is 2.21. The van der Waals surface area contributed by atoms with E-state index in [1.807, 2.05) is 5.38 Å². The van der Waals surface area contributed by atoms with Gasteiger partial charge in [-0.3, -0.25) is 0 Å². The molecule has 0 unspecified atom stereocenters. The van der Waals surface area contributed by atoms with Gasteiger partial charge in [0.15, 0.2) is 5.13 Å². The van der Waals surface area contributed by atoms with Gasteiger partial charge in [-0.1, -0.05) is 6.92 Å². The van der Waals surface area contributed by atoms with Crippen molar-refractivity contribution in [3.8, 4) is 6.07 Å². The van der Waals surface area contributed by atoms with Gasteiger partial charge in [-0.15, -0.1) is 11.3 Å². The average molecular weight is 236 g/mol. The first-order valence-electron chi connectivity index (χ1n) is 5.62. The van der Waals surface area contributed by atoms with E-state index in [4.69, 9.17) is 5.26 Å². The quantitative estimate of drug-likeness (QED) is 0.794. The second kappa shape index (κ2) is 5.28. The minimum atomic E-state index is 0.422. The summed E-state index contributed by atoms with van der Waals surface area (Å²) in [6.45, 7) is 7.66. The number of hydrogen-bond acceptors (Lipinski definition) is 5. The molecule has 5 heteroatoms. The zero-order chi connectivity index (χ0) is 11.4. The molecule has 0 amide bonds. The van der Waals surface area contributed by atoms with Gasteiger partial charge in [0.25, 0.3) is 0 Å². The van der Waals surface area contributed by atoms with Gasteiger partial charge < -0.3 is 9.80 Å². The van der Waals surface area contributed by atoms with E-state index in [0.717, 1.165) is 43.5 Å². The minimum Gasteiger partial charge on any atom is -0.346 e. The topological polar surface area (TPSA) is 43.2 Å². The maximum atomic E-state index is 8.60. The fraction of sp³-hybridized carbons (Fsp3) is 0.636. The van der Waals surface area contributed by atoms with Gasteiger partial charge in [-0.25, -0.2) is 4.98 Å². The molecule has 86 valence electrons. The van der Waals surface area contributed by atoms with Crippen LogP contribution in [0.25, 0.3) is 0 Å². The van der Waals surface area contributed by atoms with Crippen LogP contribution in [0.15, 0.2) is 5.38 Å². The van der Waals surface area contributed by atoms with Crippen molar-refractivity contribution in [2.45, 2.75) is 13.3 Å². The number of thiazole rings is 1. The average Bonchev–Trinajstić information content (AvgIpc) is 2.78. The third-order valence-electron chi connectivity index (χ3n) is 2.89. The Morgan fingerprint density at radius 2 is 2.19 bits per heavy atom. The van der Waals surface area contributed by atoms with Crippen molar-refractivity contribution in [3.63, 3.8) is 0 Å². The number of nitriles is 1. The minimum absolute atomic E-state index is 0.422. The summed E-state index contributed by atoms with van der Waals surface area (Å²) in [6.07, 6.45) is 0.422. The van der Waals surface area contributed by atoms with Crippen molar-refractivity contribution < 1.29 is 0 Å². The molecule has 0 N–H and O–H groups in total. The van der Waals surface area contributed by atoms with E-state index in [9.17, 15) is 0 Å². The molecule has 16 heavy (non-hydrogen) atoms. The molecule has 0 saturated carbocycles. The third kappa shape index (κ3) is 2.52. The van der Waals surface area contributed by atoms with Gasteiger partial charge in [-0.2, -0.15) is 5.26 Å². The van der Waals surface area contributed by atoms with Crippen LogP contribution < -0.4 is 4.90 Å². The lowest BCUT2D eigenvalue weighted by Gasteiger charge is -2.33. The lowest BCUT2D eigenvalue weighted by Crippen LogP contribution is -2.46. The highest BCUT2D eigenvalue weighted by atomic mass is 32.1. The largest absolute Gasteiger partial charge is 0.346 e. The summed E-state index contributed by atoms with van der Waals surface area (Å²) in [5, 5.41) is 11.7. The molecule has 1 aliphatic heterocycles. The standard InChI is InChI=1S/C11H16N4S/c1-2-14-5-7-15(8-6-14)11-13-10(3-4-12)9-16-11/h9H,2-3,5-8H2,1H3. The highest BCUT2D eigenvalue weighted by Gasteiger charge is 2.17. The molecular formula is C11H16N4S. The van der Waals surface area contributed by atoms with E-state index in [1.165, 1.54) is 0 Å². The molecule has 1 aliphatic rings. The summed E-state index contributed by atoms with van der Waals surface area (Å²) in [6, 6.07) is 2.13. The Labute approximate surface area is 100 Å². The number of aromatic nitrogens is 1. The van der Waals surface area contributed by atoms with E-state index in [2.05, 4.69) is 27.8 Å². The molecule has 1 saturated heterocycles. The van der Waals surface area contributed by atoms with Gasteiger partial charge in [-0.05, 0) is 6.54 Å². The highest BCUT2D eigenvalue weighted by molar-refractivity contribution is 7.13. The lowest BCUT2D eigenvalue weighted by molar-refractivity contribution is 0.271. The van der Waals surface area contributed by atoms with E-state index in [-0.39, 0.29) is 0 Å². The van der Waals surface area contributed by atoms with E-state index in [0.29, 0.717) is 6.42 Å². The van der Waals surface area contributed by atoms with Gasteiger partial charge in [0.1, 0.15) is 0 Å². The second-order valence-electron chi connectivity index (χ2n) is 3.88. The van der Waals surface area contributed by atoms with Crippen LogP contribution in [0, 0.1) is 11.3 Å². The Balaban J connectivity index is 1.95. The zero-order valence-electron chi connectivity index (χ0n) is 9.52. The summed E-state index contributed by atoms with van der Waals surface area (Å²) < 4.78 is 0. The molecule has 1 fully saturated rings. The van der Waals surface area contributed by atoms with Crippen molar-refractivity contribution in [1.29, 1.82) is 5.26 Å². The molecular weight excluding hydrogens is 220 g/mol. The number of piperazine rings is 1. The predicted molar refractivity (Wildman–Crippen MR) is 65.8 cm³/mol. The summed E-state index contributed by atoms with van der Waals surface area (Å²) in [5.41, 5.74) is 0.903. The zero-order valence-corrected chi connectivity index (χ0v) is 10.3. The van der Waals surface area contributed by atoms with Crippen LogP contribution in [0.4, 0.5) is 5.13 Å².